The summed E-state index contributed by atoms with van der Waals surface area (Å²) in [5.74, 6) is 0.149. The molecular formula is C15H25N3O. The van der Waals surface area contributed by atoms with Gasteiger partial charge in [0.2, 0.25) is 5.91 Å². The molecule has 0 radical (unpaired) electrons. The highest BCUT2D eigenvalue weighted by molar-refractivity contribution is 5.81. The van der Waals surface area contributed by atoms with Crippen LogP contribution in [0, 0.1) is 6.92 Å². The Morgan fingerprint density at radius 1 is 1.26 bits per heavy atom. The van der Waals surface area contributed by atoms with Gasteiger partial charge in [0, 0.05) is 32.4 Å². The van der Waals surface area contributed by atoms with Crippen molar-refractivity contribution < 1.29 is 4.79 Å². The van der Waals surface area contributed by atoms with Gasteiger partial charge in [0.15, 0.2) is 0 Å². The number of hydrogen-bond donors (Lipinski definition) is 1. The number of likely N-dealkylation sites (N-methyl/N-ethyl adjacent to an activating group) is 2. The molecule has 0 heterocycles. The second-order valence-electron chi connectivity index (χ2n) is 4.76. The first-order valence-corrected chi connectivity index (χ1v) is 6.81. The maximum Gasteiger partial charge on any atom is 0.242 e. The molecule has 0 aromatic heterocycles. The van der Waals surface area contributed by atoms with Crippen LogP contribution < -0.4 is 10.6 Å². The first-order chi connectivity index (χ1) is 9.03. The Labute approximate surface area is 116 Å². The van der Waals surface area contributed by atoms with Crippen molar-refractivity contribution in [1.29, 1.82) is 0 Å². The third-order valence-corrected chi connectivity index (χ3v) is 3.35. The summed E-state index contributed by atoms with van der Waals surface area (Å²) in [4.78, 5) is 15.9. The molecule has 1 rings (SSSR count). The van der Waals surface area contributed by atoms with E-state index in [1.165, 1.54) is 5.56 Å². The summed E-state index contributed by atoms with van der Waals surface area (Å²) in [6, 6.07) is 6.16. The molecule has 19 heavy (non-hydrogen) atoms. The fraction of sp³-hybridized carbons (Fsp3) is 0.533. The second kappa shape index (κ2) is 7.14. The van der Waals surface area contributed by atoms with E-state index in [0.717, 1.165) is 24.3 Å². The summed E-state index contributed by atoms with van der Waals surface area (Å²) < 4.78 is 0. The number of aryl methyl sites for hydroxylation is 1. The molecule has 1 aromatic rings. The molecule has 2 N–H and O–H groups in total. The van der Waals surface area contributed by atoms with Gasteiger partial charge in [-0.3, -0.25) is 4.79 Å². The number of amides is 1. The smallest absolute Gasteiger partial charge is 0.242 e. The van der Waals surface area contributed by atoms with Crippen molar-refractivity contribution in [3.8, 4) is 0 Å². The van der Waals surface area contributed by atoms with E-state index in [4.69, 9.17) is 5.73 Å². The van der Waals surface area contributed by atoms with Gasteiger partial charge in [-0.1, -0.05) is 17.7 Å². The van der Waals surface area contributed by atoms with Crippen LogP contribution in [-0.4, -0.2) is 37.5 Å². The number of anilines is 1. The zero-order chi connectivity index (χ0) is 14.4. The van der Waals surface area contributed by atoms with E-state index in [9.17, 15) is 4.79 Å². The van der Waals surface area contributed by atoms with Crippen LogP contribution in [-0.2, 0) is 11.3 Å². The predicted octanol–water partition coefficient (Wildman–Crippen LogP) is 1.76. The first kappa shape index (κ1) is 15.5. The van der Waals surface area contributed by atoms with Crippen molar-refractivity contribution in [2.75, 3.05) is 31.6 Å². The molecule has 0 saturated heterocycles. The number of nitrogens with zero attached hydrogens (tertiary/aromatic N) is 2. The largest absolute Gasteiger partial charge is 0.365 e. The molecule has 0 spiro atoms. The minimum absolute atomic E-state index is 0.149. The van der Waals surface area contributed by atoms with E-state index >= 15 is 0 Å². The zero-order valence-corrected chi connectivity index (χ0v) is 12.4. The van der Waals surface area contributed by atoms with E-state index in [0.29, 0.717) is 13.1 Å². The summed E-state index contributed by atoms with van der Waals surface area (Å²) in [7, 11) is 1.94. The summed E-state index contributed by atoms with van der Waals surface area (Å²) >= 11 is 0. The van der Waals surface area contributed by atoms with Gasteiger partial charge in [-0.15, -0.1) is 0 Å². The van der Waals surface area contributed by atoms with Crippen LogP contribution in [0.5, 0.6) is 0 Å². The molecule has 0 saturated carbocycles. The van der Waals surface area contributed by atoms with Crippen LogP contribution in [0.15, 0.2) is 18.2 Å². The molecule has 0 fully saturated rings. The summed E-state index contributed by atoms with van der Waals surface area (Å²) in [6.45, 7) is 8.42. The first-order valence-electron chi connectivity index (χ1n) is 6.81. The highest BCUT2D eigenvalue weighted by atomic mass is 16.2. The van der Waals surface area contributed by atoms with Crippen LogP contribution in [0.2, 0.25) is 0 Å². The molecule has 0 aliphatic rings. The molecule has 106 valence electrons. The van der Waals surface area contributed by atoms with Gasteiger partial charge in [0.05, 0.1) is 6.54 Å². The van der Waals surface area contributed by atoms with E-state index in [2.05, 4.69) is 6.07 Å². The van der Waals surface area contributed by atoms with E-state index in [1.54, 1.807) is 0 Å². The van der Waals surface area contributed by atoms with Crippen molar-refractivity contribution in [2.24, 2.45) is 5.73 Å². The lowest BCUT2D eigenvalue weighted by atomic mass is 10.1. The Kier molecular flexibility index (Phi) is 5.83. The van der Waals surface area contributed by atoms with Crippen molar-refractivity contribution in [2.45, 2.75) is 27.3 Å². The molecule has 4 nitrogen and oxygen atoms in total. The SMILES string of the molecule is CCN(CC)C(=O)CN(C)c1ccc(C)cc1CN. The molecule has 1 aromatic carbocycles. The fourth-order valence-electron chi connectivity index (χ4n) is 2.21. The number of rotatable bonds is 6. The highest BCUT2D eigenvalue weighted by Crippen LogP contribution is 2.20. The lowest BCUT2D eigenvalue weighted by Crippen LogP contribution is -2.39. The third-order valence-electron chi connectivity index (χ3n) is 3.35. The standard InChI is InChI=1S/C15H25N3O/c1-5-18(6-2)15(19)11-17(4)14-8-7-12(3)9-13(14)10-16/h7-9H,5-6,10-11,16H2,1-4H3. The van der Waals surface area contributed by atoms with Crippen molar-refractivity contribution >= 4 is 11.6 Å². The molecule has 1 amide bonds. The maximum absolute atomic E-state index is 12.1. The molecule has 0 unspecified atom stereocenters. The Balaban J connectivity index is 2.83. The molecule has 0 aliphatic heterocycles. The average Bonchev–Trinajstić information content (AvgIpc) is 2.39. The van der Waals surface area contributed by atoms with Crippen molar-refractivity contribution in [3.63, 3.8) is 0 Å². The van der Waals surface area contributed by atoms with Gasteiger partial charge in [-0.2, -0.15) is 0 Å². The Morgan fingerprint density at radius 2 is 1.89 bits per heavy atom. The Bertz CT molecular complexity index is 427. The van der Waals surface area contributed by atoms with Crippen LogP contribution in [0.3, 0.4) is 0 Å². The van der Waals surface area contributed by atoms with Gasteiger partial charge in [0.1, 0.15) is 0 Å². The quantitative estimate of drug-likeness (QED) is 0.851. The lowest BCUT2D eigenvalue weighted by molar-refractivity contribution is -0.129. The molecular weight excluding hydrogens is 238 g/mol. The van der Waals surface area contributed by atoms with Gasteiger partial charge in [-0.25, -0.2) is 0 Å². The Hall–Kier alpha value is -1.55. The average molecular weight is 263 g/mol. The zero-order valence-electron chi connectivity index (χ0n) is 12.4. The van der Waals surface area contributed by atoms with Crippen LogP contribution in [0.1, 0.15) is 25.0 Å². The normalized spacial score (nSPS) is 10.4. The van der Waals surface area contributed by atoms with E-state index in [1.807, 2.05) is 49.8 Å². The highest BCUT2D eigenvalue weighted by Gasteiger charge is 2.14. The molecule has 4 heteroatoms. The van der Waals surface area contributed by atoms with Crippen molar-refractivity contribution in [3.05, 3.63) is 29.3 Å². The van der Waals surface area contributed by atoms with Gasteiger partial charge < -0.3 is 15.5 Å². The lowest BCUT2D eigenvalue weighted by Gasteiger charge is -2.26. The van der Waals surface area contributed by atoms with E-state index in [-0.39, 0.29) is 5.91 Å². The molecule has 0 atom stereocenters. The summed E-state index contributed by atoms with van der Waals surface area (Å²) in [5, 5.41) is 0. The number of hydrogen-bond acceptors (Lipinski definition) is 3. The van der Waals surface area contributed by atoms with Gasteiger partial charge in [0.25, 0.3) is 0 Å². The Morgan fingerprint density at radius 3 is 2.42 bits per heavy atom. The predicted molar refractivity (Wildman–Crippen MR) is 80.3 cm³/mol. The second-order valence-corrected chi connectivity index (χ2v) is 4.76. The number of nitrogens with two attached hydrogens (primary N) is 1. The van der Waals surface area contributed by atoms with Gasteiger partial charge in [-0.05, 0) is 32.4 Å². The number of benzene rings is 1. The monoisotopic (exact) mass is 263 g/mol. The molecule has 0 aliphatic carbocycles. The number of carbonyl (C=O) groups is 1. The van der Waals surface area contributed by atoms with Crippen LogP contribution in [0.25, 0.3) is 0 Å². The topological polar surface area (TPSA) is 49.6 Å². The minimum Gasteiger partial charge on any atom is -0.365 e. The third kappa shape index (κ3) is 3.96. The molecule has 0 bridgehead atoms. The minimum atomic E-state index is 0.149. The summed E-state index contributed by atoms with van der Waals surface area (Å²) in [5.41, 5.74) is 9.08. The van der Waals surface area contributed by atoms with Crippen LogP contribution >= 0.6 is 0 Å². The van der Waals surface area contributed by atoms with E-state index < -0.39 is 0 Å². The van der Waals surface area contributed by atoms with Gasteiger partial charge >= 0.3 is 0 Å². The fourth-order valence-corrected chi connectivity index (χ4v) is 2.21. The van der Waals surface area contributed by atoms with Crippen molar-refractivity contribution in [1.82, 2.24) is 4.90 Å². The number of carbonyl (C=O) groups excluding carboxylic acids is 1. The van der Waals surface area contributed by atoms with Crippen LogP contribution in [0.4, 0.5) is 5.69 Å². The summed E-state index contributed by atoms with van der Waals surface area (Å²) in [6.07, 6.45) is 0. The maximum atomic E-state index is 12.1.